The van der Waals surface area contributed by atoms with Gasteiger partial charge in [-0.05, 0) is 13.8 Å². The molecule has 5 nitrogen and oxygen atoms in total. The monoisotopic (exact) mass is 273 g/mol. The van der Waals surface area contributed by atoms with Gasteiger partial charge in [0.2, 0.25) is 5.91 Å². The van der Waals surface area contributed by atoms with Crippen molar-refractivity contribution in [3.63, 3.8) is 0 Å². The molecule has 1 fully saturated rings. The molecule has 2 atom stereocenters. The van der Waals surface area contributed by atoms with E-state index in [0.29, 0.717) is 24.5 Å². The number of amides is 1. The fraction of sp³-hybridized carbons (Fsp3) is 0.833. The molecule has 0 aromatic heterocycles. The lowest BCUT2D eigenvalue weighted by Gasteiger charge is -2.35. The second kappa shape index (κ2) is 7.01. The number of nitrogens with zero attached hydrogens (tertiary/aromatic N) is 2. The van der Waals surface area contributed by atoms with E-state index in [9.17, 15) is 4.79 Å². The van der Waals surface area contributed by atoms with Crippen molar-refractivity contribution < 1.29 is 9.53 Å². The number of nitrogens with two attached hydrogens (primary N) is 1. The van der Waals surface area contributed by atoms with Gasteiger partial charge < -0.3 is 15.4 Å². The number of ether oxygens (including phenoxy) is 1. The number of hydrogen-bond acceptors (Lipinski definition) is 4. The zero-order valence-electron chi connectivity index (χ0n) is 11.4. The highest BCUT2D eigenvalue weighted by Gasteiger charge is 2.24. The van der Waals surface area contributed by atoms with Crippen molar-refractivity contribution in [3.05, 3.63) is 0 Å². The van der Waals surface area contributed by atoms with E-state index in [1.165, 1.54) is 0 Å². The van der Waals surface area contributed by atoms with Crippen LogP contribution in [-0.4, -0.2) is 66.1 Å². The summed E-state index contributed by atoms with van der Waals surface area (Å²) in [6.45, 7) is 6.70. The Hall–Kier alpha value is -0.720. The van der Waals surface area contributed by atoms with Gasteiger partial charge in [-0.25, -0.2) is 0 Å². The van der Waals surface area contributed by atoms with Crippen molar-refractivity contribution in [2.75, 3.05) is 33.2 Å². The fourth-order valence-corrected chi connectivity index (χ4v) is 2.22. The van der Waals surface area contributed by atoms with Crippen LogP contribution in [-0.2, 0) is 9.53 Å². The third kappa shape index (κ3) is 5.29. The summed E-state index contributed by atoms with van der Waals surface area (Å²) in [4.78, 5) is 16.3. The third-order valence-electron chi connectivity index (χ3n) is 2.97. The Balaban J connectivity index is 2.36. The van der Waals surface area contributed by atoms with Gasteiger partial charge in [0.1, 0.15) is 0 Å². The first kappa shape index (κ1) is 15.3. The second-order valence-electron chi connectivity index (χ2n) is 4.98. The zero-order chi connectivity index (χ0) is 13.7. The summed E-state index contributed by atoms with van der Waals surface area (Å²) in [5, 5.41) is 0. The van der Waals surface area contributed by atoms with E-state index < -0.39 is 0 Å². The van der Waals surface area contributed by atoms with E-state index in [4.69, 9.17) is 22.7 Å². The average molecular weight is 273 g/mol. The number of carbonyl (C=O) groups is 1. The Labute approximate surface area is 114 Å². The molecule has 0 spiro atoms. The molecule has 1 rings (SSSR count). The van der Waals surface area contributed by atoms with Crippen LogP contribution in [0.15, 0.2) is 0 Å². The summed E-state index contributed by atoms with van der Waals surface area (Å²) in [7, 11) is 1.79. The lowest BCUT2D eigenvalue weighted by molar-refractivity contribution is -0.134. The van der Waals surface area contributed by atoms with E-state index in [1.54, 1.807) is 11.9 Å². The Morgan fingerprint density at radius 1 is 1.44 bits per heavy atom. The number of likely N-dealkylation sites (N-methyl/N-ethyl adjacent to an activating group) is 1. The Kier molecular flexibility index (Phi) is 5.98. The van der Waals surface area contributed by atoms with Crippen LogP contribution >= 0.6 is 12.2 Å². The van der Waals surface area contributed by atoms with Gasteiger partial charge in [-0.2, -0.15) is 0 Å². The van der Waals surface area contributed by atoms with E-state index in [2.05, 4.69) is 4.90 Å². The minimum absolute atomic E-state index is 0.104. The molecule has 0 bridgehead atoms. The highest BCUT2D eigenvalue weighted by molar-refractivity contribution is 7.80. The molecule has 1 heterocycles. The van der Waals surface area contributed by atoms with Crippen LogP contribution in [0.3, 0.4) is 0 Å². The van der Waals surface area contributed by atoms with Crippen molar-refractivity contribution in [2.24, 2.45) is 5.73 Å². The molecule has 0 radical (unpaired) electrons. The van der Waals surface area contributed by atoms with Gasteiger partial charge in [0, 0.05) is 33.1 Å². The summed E-state index contributed by atoms with van der Waals surface area (Å²) < 4.78 is 5.64. The molecule has 0 aromatic carbocycles. The predicted molar refractivity (Wildman–Crippen MR) is 75.5 cm³/mol. The predicted octanol–water partition coefficient (Wildman–Crippen LogP) is 0.230. The third-order valence-corrected chi connectivity index (χ3v) is 3.18. The molecular weight excluding hydrogens is 250 g/mol. The summed E-state index contributed by atoms with van der Waals surface area (Å²) in [5.41, 5.74) is 5.43. The summed E-state index contributed by atoms with van der Waals surface area (Å²) >= 11 is 4.81. The van der Waals surface area contributed by atoms with E-state index >= 15 is 0 Å². The molecule has 0 saturated carbocycles. The van der Waals surface area contributed by atoms with Gasteiger partial charge in [0.05, 0.1) is 23.7 Å². The van der Waals surface area contributed by atoms with Crippen LogP contribution < -0.4 is 5.73 Å². The number of hydrogen-bond donors (Lipinski definition) is 1. The van der Waals surface area contributed by atoms with Crippen LogP contribution in [0.5, 0.6) is 0 Å². The SMILES string of the molecule is C[C@@H]1CN(CC(=O)N(C)CCC(N)=S)C[C@H](C)O1. The second-order valence-corrected chi connectivity index (χ2v) is 5.51. The van der Waals surface area contributed by atoms with Crippen molar-refractivity contribution in [1.82, 2.24) is 9.80 Å². The van der Waals surface area contributed by atoms with Crippen LogP contribution in [0, 0.1) is 0 Å². The zero-order valence-corrected chi connectivity index (χ0v) is 12.2. The fourth-order valence-electron chi connectivity index (χ4n) is 2.13. The van der Waals surface area contributed by atoms with E-state index in [-0.39, 0.29) is 18.1 Å². The molecule has 1 aliphatic rings. The first-order chi connectivity index (χ1) is 8.38. The minimum Gasteiger partial charge on any atom is -0.393 e. The van der Waals surface area contributed by atoms with Gasteiger partial charge in [-0.3, -0.25) is 9.69 Å². The Morgan fingerprint density at radius 2 is 2.00 bits per heavy atom. The Bertz CT molecular complexity index is 302. The average Bonchev–Trinajstić information content (AvgIpc) is 2.24. The largest absolute Gasteiger partial charge is 0.393 e. The molecule has 6 heteroatoms. The minimum atomic E-state index is 0.104. The maximum atomic E-state index is 12.0. The molecular formula is C12H23N3O2S. The number of morpholine rings is 1. The molecule has 104 valence electrons. The smallest absolute Gasteiger partial charge is 0.236 e. The van der Waals surface area contributed by atoms with Crippen LogP contribution in [0.25, 0.3) is 0 Å². The van der Waals surface area contributed by atoms with Gasteiger partial charge in [-0.15, -0.1) is 0 Å². The molecule has 1 aliphatic heterocycles. The maximum Gasteiger partial charge on any atom is 0.236 e. The highest BCUT2D eigenvalue weighted by Crippen LogP contribution is 2.10. The topological polar surface area (TPSA) is 58.8 Å². The first-order valence-electron chi connectivity index (χ1n) is 6.28. The van der Waals surface area contributed by atoms with Gasteiger partial charge in [-0.1, -0.05) is 12.2 Å². The number of rotatable bonds is 5. The van der Waals surface area contributed by atoms with Crippen LogP contribution in [0.2, 0.25) is 0 Å². The summed E-state index contributed by atoms with van der Waals surface area (Å²) in [5.74, 6) is 0.104. The lowest BCUT2D eigenvalue weighted by atomic mass is 10.2. The highest BCUT2D eigenvalue weighted by atomic mass is 32.1. The molecule has 0 aromatic rings. The van der Waals surface area contributed by atoms with Gasteiger partial charge >= 0.3 is 0 Å². The van der Waals surface area contributed by atoms with Crippen LogP contribution in [0.1, 0.15) is 20.3 Å². The molecule has 1 amide bonds. The van der Waals surface area contributed by atoms with Crippen molar-refractivity contribution in [2.45, 2.75) is 32.5 Å². The molecule has 18 heavy (non-hydrogen) atoms. The van der Waals surface area contributed by atoms with Crippen molar-refractivity contribution >= 4 is 23.1 Å². The number of thiocarbonyl (C=S) groups is 1. The van der Waals surface area contributed by atoms with Crippen LogP contribution in [0.4, 0.5) is 0 Å². The number of carbonyl (C=O) groups excluding carboxylic acids is 1. The maximum absolute atomic E-state index is 12.0. The van der Waals surface area contributed by atoms with Gasteiger partial charge in [0.15, 0.2) is 0 Å². The first-order valence-corrected chi connectivity index (χ1v) is 6.69. The molecule has 2 N–H and O–H groups in total. The summed E-state index contributed by atoms with van der Waals surface area (Å²) in [6, 6.07) is 0. The molecule has 0 unspecified atom stereocenters. The lowest BCUT2D eigenvalue weighted by Crippen LogP contribution is -2.49. The van der Waals surface area contributed by atoms with E-state index in [0.717, 1.165) is 13.1 Å². The summed E-state index contributed by atoms with van der Waals surface area (Å²) in [6.07, 6.45) is 0.944. The van der Waals surface area contributed by atoms with Crippen molar-refractivity contribution in [1.29, 1.82) is 0 Å². The molecule has 1 saturated heterocycles. The molecule has 0 aliphatic carbocycles. The normalized spacial score (nSPS) is 24.8. The Morgan fingerprint density at radius 3 is 2.50 bits per heavy atom. The standard InChI is InChI=1S/C12H23N3O2S/c1-9-6-15(7-10(2)17-9)8-12(16)14(3)5-4-11(13)18/h9-10H,4-8H2,1-3H3,(H2,13,18)/t9-,10+. The van der Waals surface area contributed by atoms with E-state index in [1.807, 2.05) is 13.8 Å². The van der Waals surface area contributed by atoms with Crippen molar-refractivity contribution in [3.8, 4) is 0 Å². The van der Waals surface area contributed by atoms with Gasteiger partial charge in [0.25, 0.3) is 0 Å². The quantitative estimate of drug-likeness (QED) is 0.727.